The second kappa shape index (κ2) is 5.84. The molecule has 0 spiro atoms. The molecule has 0 saturated carbocycles. The van der Waals surface area contributed by atoms with Crippen LogP contribution in [0.5, 0.6) is 5.75 Å². The molecule has 2 heterocycles. The lowest BCUT2D eigenvalue weighted by molar-refractivity contribution is 0.317. The summed E-state index contributed by atoms with van der Waals surface area (Å²) in [6.07, 6.45) is 6.01. The Morgan fingerprint density at radius 3 is 3.06 bits per heavy atom. The average Bonchev–Trinajstić information content (AvgIpc) is 2.85. The molecule has 2 aromatic heterocycles. The largest absolute Gasteiger partial charge is 0.490 e. The summed E-state index contributed by atoms with van der Waals surface area (Å²) in [5.41, 5.74) is 6.44. The Morgan fingerprint density at radius 1 is 1.50 bits per heavy atom. The van der Waals surface area contributed by atoms with Crippen LogP contribution in [-0.4, -0.2) is 21.4 Å². The molecule has 0 bridgehead atoms. The van der Waals surface area contributed by atoms with Gasteiger partial charge < -0.3 is 10.5 Å². The summed E-state index contributed by atoms with van der Waals surface area (Å²) in [5.74, 6) is 1.26. The van der Waals surface area contributed by atoms with Crippen molar-refractivity contribution in [1.82, 2.24) is 14.8 Å². The standard InChI is InChI=1S/C12H15ClN4O/c1-2-5-18-10-7-16-17(8-10)12-11(13)9(6-14)3-4-15-12/h3-4,7-8H,2,5-6,14H2,1H3. The second-order valence-electron chi connectivity index (χ2n) is 3.78. The van der Waals surface area contributed by atoms with Gasteiger partial charge in [0.1, 0.15) is 0 Å². The lowest BCUT2D eigenvalue weighted by Crippen LogP contribution is -2.04. The fourth-order valence-corrected chi connectivity index (χ4v) is 1.78. The van der Waals surface area contributed by atoms with E-state index >= 15 is 0 Å². The van der Waals surface area contributed by atoms with Crippen molar-refractivity contribution in [2.45, 2.75) is 19.9 Å². The van der Waals surface area contributed by atoms with Gasteiger partial charge in [-0.05, 0) is 18.1 Å². The summed E-state index contributed by atoms with van der Waals surface area (Å²) in [6, 6.07) is 1.80. The van der Waals surface area contributed by atoms with Gasteiger partial charge in [0.25, 0.3) is 0 Å². The van der Waals surface area contributed by atoms with Gasteiger partial charge in [0.05, 0.1) is 24.0 Å². The van der Waals surface area contributed by atoms with Gasteiger partial charge in [-0.15, -0.1) is 0 Å². The maximum atomic E-state index is 6.21. The number of ether oxygens (including phenoxy) is 1. The normalized spacial score (nSPS) is 10.6. The van der Waals surface area contributed by atoms with Gasteiger partial charge in [-0.3, -0.25) is 0 Å². The van der Waals surface area contributed by atoms with Gasteiger partial charge in [0.15, 0.2) is 11.6 Å². The number of rotatable bonds is 5. The maximum absolute atomic E-state index is 6.21. The summed E-state index contributed by atoms with van der Waals surface area (Å²) < 4.78 is 7.06. The van der Waals surface area contributed by atoms with Crippen LogP contribution in [0.4, 0.5) is 0 Å². The smallest absolute Gasteiger partial charge is 0.172 e. The zero-order valence-corrected chi connectivity index (χ0v) is 10.9. The summed E-state index contributed by atoms with van der Waals surface area (Å²) in [4.78, 5) is 4.21. The molecule has 0 aliphatic rings. The van der Waals surface area contributed by atoms with Crippen molar-refractivity contribution < 1.29 is 4.74 Å². The van der Waals surface area contributed by atoms with E-state index in [1.807, 2.05) is 6.92 Å². The molecule has 2 aromatic rings. The molecular formula is C12H15ClN4O. The second-order valence-corrected chi connectivity index (χ2v) is 4.16. The van der Waals surface area contributed by atoms with Crippen molar-refractivity contribution in [3.8, 4) is 11.6 Å². The maximum Gasteiger partial charge on any atom is 0.172 e. The van der Waals surface area contributed by atoms with Crippen LogP contribution in [0.1, 0.15) is 18.9 Å². The Morgan fingerprint density at radius 2 is 2.33 bits per heavy atom. The van der Waals surface area contributed by atoms with Gasteiger partial charge in [0.2, 0.25) is 0 Å². The Bertz CT molecular complexity index is 527. The van der Waals surface area contributed by atoms with E-state index in [0.29, 0.717) is 29.7 Å². The number of nitrogens with zero attached hydrogens (tertiary/aromatic N) is 3. The molecule has 96 valence electrons. The summed E-state index contributed by atoms with van der Waals surface area (Å²) in [5, 5.41) is 4.70. The van der Waals surface area contributed by atoms with Crippen LogP contribution in [-0.2, 0) is 6.54 Å². The predicted molar refractivity (Wildman–Crippen MR) is 70.0 cm³/mol. The molecule has 0 aliphatic heterocycles. The zero-order chi connectivity index (χ0) is 13.0. The number of pyridine rings is 1. The molecule has 6 heteroatoms. The zero-order valence-electron chi connectivity index (χ0n) is 10.1. The molecule has 0 atom stereocenters. The number of hydrogen-bond acceptors (Lipinski definition) is 4. The third-order valence-corrected chi connectivity index (χ3v) is 2.83. The first kappa shape index (κ1) is 12.9. The monoisotopic (exact) mass is 266 g/mol. The minimum Gasteiger partial charge on any atom is -0.490 e. The molecule has 0 fully saturated rings. The van der Waals surface area contributed by atoms with Crippen molar-refractivity contribution in [2.24, 2.45) is 5.73 Å². The lowest BCUT2D eigenvalue weighted by atomic mass is 10.2. The number of nitrogens with two attached hydrogens (primary N) is 1. The van der Waals surface area contributed by atoms with E-state index in [2.05, 4.69) is 10.1 Å². The van der Waals surface area contributed by atoms with Crippen molar-refractivity contribution in [3.63, 3.8) is 0 Å². The number of halogens is 1. The summed E-state index contributed by atoms with van der Waals surface area (Å²) in [7, 11) is 0. The minimum atomic E-state index is 0.370. The highest BCUT2D eigenvalue weighted by Crippen LogP contribution is 2.23. The average molecular weight is 267 g/mol. The van der Waals surface area contributed by atoms with Crippen LogP contribution in [0.3, 0.4) is 0 Å². The molecule has 0 aromatic carbocycles. The van der Waals surface area contributed by atoms with Crippen LogP contribution in [0.15, 0.2) is 24.7 Å². The fraction of sp³-hybridized carbons (Fsp3) is 0.333. The van der Waals surface area contributed by atoms with Gasteiger partial charge in [-0.25, -0.2) is 9.67 Å². The van der Waals surface area contributed by atoms with Gasteiger partial charge in [-0.2, -0.15) is 5.10 Å². The van der Waals surface area contributed by atoms with E-state index in [9.17, 15) is 0 Å². The van der Waals surface area contributed by atoms with Crippen molar-refractivity contribution >= 4 is 11.6 Å². The molecule has 0 aliphatic carbocycles. The Kier molecular flexibility index (Phi) is 4.17. The van der Waals surface area contributed by atoms with Crippen molar-refractivity contribution in [2.75, 3.05) is 6.61 Å². The molecule has 5 nitrogen and oxygen atoms in total. The Balaban J connectivity index is 2.28. The van der Waals surface area contributed by atoms with E-state index < -0.39 is 0 Å². The molecular weight excluding hydrogens is 252 g/mol. The first-order chi connectivity index (χ1) is 8.76. The molecule has 0 unspecified atom stereocenters. The van der Waals surface area contributed by atoms with E-state index in [1.54, 1.807) is 29.3 Å². The van der Waals surface area contributed by atoms with Crippen LogP contribution < -0.4 is 10.5 Å². The lowest BCUT2D eigenvalue weighted by Gasteiger charge is -2.06. The molecule has 0 amide bonds. The van der Waals surface area contributed by atoms with E-state index in [4.69, 9.17) is 22.1 Å². The Labute approximate surface area is 111 Å². The third kappa shape index (κ3) is 2.63. The predicted octanol–water partition coefficient (Wildman–Crippen LogP) is 2.17. The van der Waals surface area contributed by atoms with Gasteiger partial charge in [-0.1, -0.05) is 18.5 Å². The Hall–Kier alpha value is -1.59. The van der Waals surface area contributed by atoms with Gasteiger partial charge >= 0.3 is 0 Å². The van der Waals surface area contributed by atoms with Gasteiger partial charge in [0, 0.05) is 12.7 Å². The van der Waals surface area contributed by atoms with E-state index in [-0.39, 0.29) is 0 Å². The summed E-state index contributed by atoms with van der Waals surface area (Å²) in [6.45, 7) is 3.08. The van der Waals surface area contributed by atoms with E-state index in [1.165, 1.54) is 0 Å². The fourth-order valence-electron chi connectivity index (χ4n) is 1.51. The van der Waals surface area contributed by atoms with Crippen molar-refractivity contribution in [1.29, 1.82) is 0 Å². The van der Waals surface area contributed by atoms with E-state index in [0.717, 1.165) is 12.0 Å². The molecule has 18 heavy (non-hydrogen) atoms. The van der Waals surface area contributed by atoms with Crippen LogP contribution in [0.2, 0.25) is 5.02 Å². The number of aromatic nitrogens is 3. The topological polar surface area (TPSA) is 66.0 Å². The molecule has 0 radical (unpaired) electrons. The highest BCUT2D eigenvalue weighted by Gasteiger charge is 2.10. The quantitative estimate of drug-likeness (QED) is 0.901. The first-order valence-corrected chi connectivity index (χ1v) is 6.15. The molecule has 2 rings (SSSR count). The molecule has 2 N–H and O–H groups in total. The highest BCUT2D eigenvalue weighted by atomic mass is 35.5. The third-order valence-electron chi connectivity index (χ3n) is 2.42. The van der Waals surface area contributed by atoms with Crippen LogP contribution in [0.25, 0.3) is 5.82 Å². The number of hydrogen-bond donors (Lipinski definition) is 1. The van der Waals surface area contributed by atoms with Crippen LogP contribution >= 0.6 is 11.6 Å². The SMILES string of the molecule is CCCOc1cnn(-c2nccc(CN)c2Cl)c1. The highest BCUT2D eigenvalue weighted by molar-refractivity contribution is 6.32. The summed E-state index contributed by atoms with van der Waals surface area (Å²) >= 11 is 6.21. The first-order valence-electron chi connectivity index (χ1n) is 5.77. The van der Waals surface area contributed by atoms with Crippen molar-refractivity contribution in [3.05, 3.63) is 35.2 Å². The van der Waals surface area contributed by atoms with Crippen LogP contribution in [0, 0.1) is 0 Å². The molecule has 0 saturated heterocycles. The minimum absolute atomic E-state index is 0.370.